The van der Waals surface area contributed by atoms with E-state index in [9.17, 15) is 4.79 Å². The third-order valence-corrected chi connectivity index (χ3v) is 6.38. The fourth-order valence-corrected chi connectivity index (χ4v) is 4.91. The van der Waals surface area contributed by atoms with Gasteiger partial charge in [-0.3, -0.25) is 4.79 Å². The molecular formula is C23H31N4O+. The van der Waals surface area contributed by atoms with E-state index in [2.05, 4.69) is 47.4 Å². The van der Waals surface area contributed by atoms with Gasteiger partial charge in [0.25, 0.3) is 5.91 Å². The summed E-state index contributed by atoms with van der Waals surface area (Å²) in [5, 5.41) is 5.73. The third kappa shape index (κ3) is 3.45. The highest BCUT2D eigenvalue weighted by atomic mass is 16.1. The maximum atomic E-state index is 12.6. The van der Waals surface area contributed by atoms with Gasteiger partial charge in [0.2, 0.25) is 0 Å². The van der Waals surface area contributed by atoms with Crippen molar-refractivity contribution in [2.45, 2.75) is 52.5 Å². The van der Waals surface area contributed by atoms with Crippen molar-refractivity contribution in [1.29, 1.82) is 0 Å². The lowest BCUT2D eigenvalue weighted by atomic mass is 10.1. The van der Waals surface area contributed by atoms with Gasteiger partial charge in [0.05, 0.1) is 6.04 Å². The maximum absolute atomic E-state index is 12.6. The molecule has 1 atom stereocenters. The van der Waals surface area contributed by atoms with E-state index in [0.717, 1.165) is 21.5 Å². The van der Waals surface area contributed by atoms with Gasteiger partial charge in [0, 0.05) is 42.9 Å². The standard InChI is InChI=1S/C23H30N4O/c1-17-16-20(27(14-4-5-15-27)26-13-7-9-19(26)3)11-12-21(17)25-23(28)22-10-6-8-18(2)24-22/h6,8,10-12,16,19H,4-5,7,9,13-15H2,1-3H3/p+1/t19-/m0/s1. The molecule has 4 rings (SSSR count). The molecular weight excluding hydrogens is 348 g/mol. The van der Waals surface area contributed by atoms with E-state index in [1.807, 2.05) is 19.1 Å². The summed E-state index contributed by atoms with van der Waals surface area (Å²) in [6.45, 7) is 9.89. The molecule has 3 heterocycles. The minimum Gasteiger partial charge on any atom is -0.320 e. The molecule has 28 heavy (non-hydrogen) atoms. The molecule has 2 aliphatic heterocycles. The van der Waals surface area contributed by atoms with E-state index in [0.29, 0.717) is 11.7 Å². The number of nitrogens with zero attached hydrogens (tertiary/aromatic N) is 3. The number of pyridine rings is 1. The fourth-order valence-electron chi connectivity index (χ4n) is 4.91. The van der Waals surface area contributed by atoms with E-state index < -0.39 is 0 Å². The lowest BCUT2D eigenvalue weighted by Crippen LogP contribution is -2.61. The van der Waals surface area contributed by atoms with Crippen LogP contribution in [0.25, 0.3) is 0 Å². The highest BCUT2D eigenvalue weighted by Crippen LogP contribution is 2.38. The van der Waals surface area contributed by atoms with Crippen molar-refractivity contribution in [2.75, 3.05) is 25.0 Å². The summed E-state index contributed by atoms with van der Waals surface area (Å²) < 4.78 is 0.982. The highest BCUT2D eigenvalue weighted by molar-refractivity contribution is 6.03. The molecule has 2 saturated heterocycles. The van der Waals surface area contributed by atoms with Gasteiger partial charge in [-0.2, -0.15) is 0 Å². The summed E-state index contributed by atoms with van der Waals surface area (Å²) in [6, 6.07) is 12.7. The van der Waals surface area contributed by atoms with Gasteiger partial charge in [0.1, 0.15) is 18.8 Å². The number of carbonyl (C=O) groups is 1. The fraction of sp³-hybridized carbons (Fsp3) is 0.478. The third-order valence-electron chi connectivity index (χ3n) is 6.38. The minimum absolute atomic E-state index is 0.155. The molecule has 1 N–H and O–H groups in total. The van der Waals surface area contributed by atoms with Gasteiger partial charge in [-0.05, 0) is 57.4 Å². The Labute approximate surface area is 167 Å². The molecule has 0 spiro atoms. The number of benzene rings is 1. The Hall–Kier alpha value is -2.24. The van der Waals surface area contributed by atoms with Crippen LogP contribution in [-0.4, -0.2) is 41.6 Å². The van der Waals surface area contributed by atoms with Crippen molar-refractivity contribution < 1.29 is 4.79 Å². The molecule has 2 aliphatic rings. The second-order valence-electron chi connectivity index (χ2n) is 8.35. The molecule has 148 valence electrons. The van der Waals surface area contributed by atoms with Crippen molar-refractivity contribution in [3.63, 3.8) is 0 Å². The Morgan fingerprint density at radius 2 is 1.93 bits per heavy atom. The molecule has 0 unspecified atom stereocenters. The summed E-state index contributed by atoms with van der Waals surface area (Å²) in [7, 11) is 0. The second-order valence-corrected chi connectivity index (χ2v) is 8.35. The van der Waals surface area contributed by atoms with Crippen LogP contribution in [0.5, 0.6) is 0 Å². The summed E-state index contributed by atoms with van der Waals surface area (Å²) in [5.74, 6) is -0.155. The van der Waals surface area contributed by atoms with Gasteiger partial charge >= 0.3 is 0 Å². The van der Waals surface area contributed by atoms with E-state index >= 15 is 0 Å². The number of nitrogens with one attached hydrogen (secondary N) is 1. The number of carbonyl (C=O) groups excluding carboxylic acids is 1. The summed E-state index contributed by atoms with van der Waals surface area (Å²) in [6.07, 6.45) is 5.13. The van der Waals surface area contributed by atoms with Crippen LogP contribution >= 0.6 is 0 Å². The molecule has 2 aromatic rings. The molecule has 5 heteroatoms. The first-order valence-corrected chi connectivity index (χ1v) is 10.5. The van der Waals surface area contributed by atoms with Crippen molar-refractivity contribution in [3.05, 3.63) is 53.3 Å². The van der Waals surface area contributed by atoms with E-state index in [-0.39, 0.29) is 5.91 Å². The van der Waals surface area contributed by atoms with Gasteiger partial charge in [-0.15, -0.1) is 5.01 Å². The molecule has 0 radical (unpaired) electrons. The first kappa shape index (κ1) is 19.1. The Morgan fingerprint density at radius 1 is 1.14 bits per heavy atom. The Morgan fingerprint density at radius 3 is 2.57 bits per heavy atom. The SMILES string of the molecule is Cc1cccc(C(=O)Nc2ccc([N+]3(N4CCC[C@@H]4C)CCCC3)cc2C)n1. The molecule has 2 fully saturated rings. The lowest BCUT2D eigenvalue weighted by Gasteiger charge is -2.43. The predicted molar refractivity (Wildman–Crippen MR) is 114 cm³/mol. The number of amides is 1. The number of rotatable bonds is 4. The first-order chi connectivity index (χ1) is 13.5. The van der Waals surface area contributed by atoms with E-state index in [1.54, 1.807) is 6.07 Å². The van der Waals surface area contributed by atoms with Crippen LogP contribution in [-0.2, 0) is 0 Å². The zero-order valence-electron chi connectivity index (χ0n) is 17.2. The zero-order valence-corrected chi connectivity index (χ0v) is 17.2. The van der Waals surface area contributed by atoms with Gasteiger partial charge in [0.15, 0.2) is 5.69 Å². The van der Waals surface area contributed by atoms with Crippen LogP contribution in [0.2, 0.25) is 0 Å². The first-order valence-electron chi connectivity index (χ1n) is 10.5. The number of quaternary nitrogens is 1. The molecule has 5 nitrogen and oxygen atoms in total. The van der Waals surface area contributed by atoms with E-state index in [4.69, 9.17) is 0 Å². The zero-order chi connectivity index (χ0) is 19.7. The predicted octanol–water partition coefficient (Wildman–Crippen LogP) is 4.45. The molecule has 1 amide bonds. The number of aromatic nitrogens is 1. The second kappa shape index (κ2) is 7.64. The van der Waals surface area contributed by atoms with Crippen molar-refractivity contribution >= 4 is 17.3 Å². The average Bonchev–Trinajstić information content (AvgIpc) is 3.33. The summed E-state index contributed by atoms with van der Waals surface area (Å²) in [5.41, 5.74) is 4.63. The normalized spacial score (nSPS) is 21.8. The van der Waals surface area contributed by atoms with Crippen molar-refractivity contribution in [2.24, 2.45) is 0 Å². The molecule has 0 aliphatic carbocycles. The Balaban J connectivity index is 1.59. The van der Waals surface area contributed by atoms with Crippen molar-refractivity contribution in [1.82, 2.24) is 14.6 Å². The van der Waals surface area contributed by atoms with Crippen molar-refractivity contribution in [3.8, 4) is 0 Å². The number of aryl methyl sites for hydroxylation is 2. The molecule has 1 aromatic heterocycles. The maximum Gasteiger partial charge on any atom is 0.274 e. The van der Waals surface area contributed by atoms with E-state index in [1.165, 1.54) is 51.0 Å². The van der Waals surface area contributed by atoms with Gasteiger partial charge in [-0.1, -0.05) is 6.07 Å². The quantitative estimate of drug-likeness (QED) is 0.798. The number of hydrogen-bond acceptors (Lipinski definition) is 3. The topological polar surface area (TPSA) is 45.2 Å². The van der Waals surface area contributed by atoms with Crippen LogP contribution in [0.4, 0.5) is 11.4 Å². The van der Waals surface area contributed by atoms with Crippen LogP contribution in [0.1, 0.15) is 54.4 Å². The lowest BCUT2D eigenvalue weighted by molar-refractivity contribution is -0.00237. The molecule has 0 saturated carbocycles. The van der Waals surface area contributed by atoms with Crippen LogP contribution in [0.3, 0.4) is 0 Å². The Kier molecular flexibility index (Phi) is 5.21. The molecule has 1 aromatic carbocycles. The number of hydrogen-bond donors (Lipinski definition) is 1. The summed E-state index contributed by atoms with van der Waals surface area (Å²) in [4.78, 5) is 16.9. The van der Waals surface area contributed by atoms with Crippen LogP contribution in [0.15, 0.2) is 36.4 Å². The van der Waals surface area contributed by atoms with Crippen LogP contribution in [0, 0.1) is 13.8 Å². The van der Waals surface area contributed by atoms with Gasteiger partial charge < -0.3 is 5.32 Å². The van der Waals surface area contributed by atoms with Gasteiger partial charge in [-0.25, -0.2) is 9.58 Å². The monoisotopic (exact) mass is 379 g/mol. The Bertz CT molecular complexity index is 873. The molecule has 0 bridgehead atoms. The largest absolute Gasteiger partial charge is 0.320 e. The highest BCUT2D eigenvalue weighted by Gasteiger charge is 2.45. The summed E-state index contributed by atoms with van der Waals surface area (Å²) >= 11 is 0. The van der Waals surface area contributed by atoms with Crippen LogP contribution < -0.4 is 9.91 Å². The minimum atomic E-state index is -0.155. The number of anilines is 1. The average molecular weight is 380 g/mol. The smallest absolute Gasteiger partial charge is 0.274 e.